The lowest BCUT2D eigenvalue weighted by atomic mass is 10.0. The molecule has 0 aromatic carbocycles. The van der Waals surface area contributed by atoms with E-state index in [0.717, 1.165) is 13.1 Å². The number of hydrogen-bond acceptors (Lipinski definition) is 2. The van der Waals surface area contributed by atoms with E-state index in [4.69, 9.17) is 5.11 Å². The third-order valence-electron chi connectivity index (χ3n) is 2.24. The number of rotatable bonds is 5. The fraction of sp³-hybridized carbons (Fsp3) is 1.00. The lowest BCUT2D eigenvalue weighted by molar-refractivity contribution is 0.100. The smallest absolute Gasteiger partial charge is 0.0589 e. The molecule has 0 saturated heterocycles. The Labute approximate surface area is 70.2 Å². The molecule has 68 valence electrons. The minimum atomic E-state index is 0.277. The summed E-state index contributed by atoms with van der Waals surface area (Å²) >= 11 is 0. The van der Waals surface area contributed by atoms with Crippen LogP contribution in [0.2, 0.25) is 0 Å². The minimum Gasteiger partial charge on any atom is -0.395 e. The van der Waals surface area contributed by atoms with Gasteiger partial charge in [0, 0.05) is 6.04 Å². The van der Waals surface area contributed by atoms with Gasteiger partial charge in [0.2, 0.25) is 0 Å². The Morgan fingerprint density at radius 2 is 1.64 bits per heavy atom. The highest BCUT2D eigenvalue weighted by Crippen LogP contribution is 2.08. The molecule has 0 spiro atoms. The van der Waals surface area contributed by atoms with Gasteiger partial charge in [-0.05, 0) is 19.0 Å². The van der Waals surface area contributed by atoms with Crippen LogP contribution in [0.3, 0.4) is 0 Å². The van der Waals surface area contributed by atoms with Crippen molar-refractivity contribution >= 4 is 0 Å². The highest BCUT2D eigenvalue weighted by Gasteiger charge is 2.17. The van der Waals surface area contributed by atoms with Crippen LogP contribution >= 0.6 is 0 Å². The summed E-state index contributed by atoms with van der Waals surface area (Å²) in [6.07, 6.45) is 0. The largest absolute Gasteiger partial charge is 0.395 e. The number of likely N-dealkylation sites (N-methyl/N-ethyl adjacent to an activating group) is 1. The van der Waals surface area contributed by atoms with Gasteiger partial charge in [-0.3, -0.25) is 4.90 Å². The van der Waals surface area contributed by atoms with Gasteiger partial charge in [0.25, 0.3) is 0 Å². The van der Waals surface area contributed by atoms with Gasteiger partial charge in [-0.2, -0.15) is 0 Å². The molecule has 0 aliphatic carbocycles. The van der Waals surface area contributed by atoms with Crippen LogP contribution in [0.1, 0.15) is 27.7 Å². The molecule has 11 heavy (non-hydrogen) atoms. The van der Waals surface area contributed by atoms with Gasteiger partial charge in [-0.25, -0.2) is 0 Å². The fourth-order valence-corrected chi connectivity index (χ4v) is 1.44. The van der Waals surface area contributed by atoms with Crippen molar-refractivity contribution in [3.05, 3.63) is 0 Å². The number of aliphatic hydroxyl groups excluding tert-OH is 1. The fourth-order valence-electron chi connectivity index (χ4n) is 1.44. The molecule has 0 fully saturated rings. The first-order valence-electron chi connectivity index (χ1n) is 4.52. The zero-order valence-corrected chi connectivity index (χ0v) is 8.17. The molecule has 1 N–H and O–H groups in total. The number of aliphatic hydroxyl groups is 1. The van der Waals surface area contributed by atoms with Crippen molar-refractivity contribution in [3.63, 3.8) is 0 Å². The highest BCUT2D eigenvalue weighted by molar-refractivity contribution is 4.71. The summed E-state index contributed by atoms with van der Waals surface area (Å²) in [5.74, 6) is 0.542. The second-order valence-corrected chi connectivity index (χ2v) is 3.22. The predicted molar refractivity (Wildman–Crippen MR) is 48.6 cm³/mol. The summed E-state index contributed by atoms with van der Waals surface area (Å²) < 4.78 is 0. The van der Waals surface area contributed by atoms with E-state index in [2.05, 4.69) is 32.6 Å². The summed E-state index contributed by atoms with van der Waals surface area (Å²) in [6.45, 7) is 10.9. The zero-order valence-electron chi connectivity index (χ0n) is 8.17. The molecule has 0 rings (SSSR count). The number of hydrogen-bond donors (Lipinski definition) is 1. The second-order valence-electron chi connectivity index (χ2n) is 3.22. The molecule has 2 heteroatoms. The SMILES string of the molecule is CCN(CC)[C@@H](CO)C(C)C. The first-order chi connectivity index (χ1) is 5.17. The lowest BCUT2D eigenvalue weighted by Gasteiger charge is -2.30. The van der Waals surface area contributed by atoms with Crippen molar-refractivity contribution in [3.8, 4) is 0 Å². The van der Waals surface area contributed by atoms with Crippen molar-refractivity contribution in [2.75, 3.05) is 19.7 Å². The second kappa shape index (κ2) is 5.56. The molecule has 0 aliphatic heterocycles. The van der Waals surface area contributed by atoms with Gasteiger partial charge in [-0.15, -0.1) is 0 Å². The summed E-state index contributed by atoms with van der Waals surface area (Å²) in [5.41, 5.74) is 0. The molecule has 0 amide bonds. The van der Waals surface area contributed by atoms with Crippen molar-refractivity contribution in [1.82, 2.24) is 4.90 Å². The summed E-state index contributed by atoms with van der Waals surface area (Å²) in [7, 11) is 0. The molecule has 0 saturated carbocycles. The van der Waals surface area contributed by atoms with Crippen LogP contribution in [0.25, 0.3) is 0 Å². The van der Waals surface area contributed by atoms with Crippen LogP contribution in [0.4, 0.5) is 0 Å². The highest BCUT2D eigenvalue weighted by atomic mass is 16.3. The summed E-state index contributed by atoms with van der Waals surface area (Å²) in [5, 5.41) is 9.09. The minimum absolute atomic E-state index is 0.277. The first-order valence-corrected chi connectivity index (χ1v) is 4.52. The van der Waals surface area contributed by atoms with E-state index in [0.29, 0.717) is 12.0 Å². The van der Waals surface area contributed by atoms with E-state index in [1.807, 2.05) is 0 Å². The molecule has 0 aromatic heterocycles. The van der Waals surface area contributed by atoms with Crippen LogP contribution in [-0.2, 0) is 0 Å². The third kappa shape index (κ3) is 3.21. The van der Waals surface area contributed by atoms with Gasteiger partial charge in [0.05, 0.1) is 6.61 Å². The quantitative estimate of drug-likeness (QED) is 0.654. The maximum atomic E-state index is 9.09. The Balaban J connectivity index is 3.98. The van der Waals surface area contributed by atoms with E-state index < -0.39 is 0 Å². The van der Waals surface area contributed by atoms with Crippen molar-refractivity contribution in [1.29, 1.82) is 0 Å². The lowest BCUT2D eigenvalue weighted by Crippen LogP contribution is -2.41. The average molecular weight is 159 g/mol. The van der Waals surface area contributed by atoms with Gasteiger partial charge >= 0.3 is 0 Å². The van der Waals surface area contributed by atoms with Crippen LogP contribution in [0.5, 0.6) is 0 Å². The molecule has 0 bridgehead atoms. The molecule has 0 aliphatic rings. The van der Waals surface area contributed by atoms with E-state index in [9.17, 15) is 0 Å². The molecular weight excluding hydrogens is 138 g/mol. The molecule has 2 nitrogen and oxygen atoms in total. The van der Waals surface area contributed by atoms with Crippen molar-refractivity contribution in [2.24, 2.45) is 5.92 Å². The van der Waals surface area contributed by atoms with E-state index >= 15 is 0 Å². The predicted octanol–water partition coefficient (Wildman–Crippen LogP) is 1.35. The number of nitrogens with zero attached hydrogens (tertiary/aromatic N) is 1. The van der Waals surface area contributed by atoms with Crippen molar-refractivity contribution in [2.45, 2.75) is 33.7 Å². The third-order valence-corrected chi connectivity index (χ3v) is 2.24. The molecule has 1 atom stereocenters. The van der Waals surface area contributed by atoms with E-state index in [-0.39, 0.29) is 6.61 Å². The van der Waals surface area contributed by atoms with Crippen LogP contribution in [0, 0.1) is 5.92 Å². The van der Waals surface area contributed by atoms with Gasteiger partial charge < -0.3 is 5.11 Å². The van der Waals surface area contributed by atoms with Gasteiger partial charge in [0.15, 0.2) is 0 Å². The molecule has 0 unspecified atom stereocenters. The Bertz CT molecular complexity index is 89.6. The van der Waals surface area contributed by atoms with E-state index in [1.54, 1.807) is 0 Å². The maximum absolute atomic E-state index is 9.09. The summed E-state index contributed by atoms with van der Waals surface area (Å²) in [4.78, 5) is 2.30. The van der Waals surface area contributed by atoms with Gasteiger partial charge in [-0.1, -0.05) is 27.7 Å². The maximum Gasteiger partial charge on any atom is 0.0589 e. The normalized spacial score (nSPS) is 14.5. The van der Waals surface area contributed by atoms with Crippen LogP contribution < -0.4 is 0 Å². The Morgan fingerprint density at radius 3 is 1.73 bits per heavy atom. The average Bonchev–Trinajstić information content (AvgIpc) is 1.99. The van der Waals surface area contributed by atoms with Gasteiger partial charge in [0.1, 0.15) is 0 Å². The van der Waals surface area contributed by atoms with Crippen LogP contribution in [0.15, 0.2) is 0 Å². The molecule has 0 heterocycles. The standard InChI is InChI=1S/C9H21NO/c1-5-10(6-2)9(7-11)8(3)4/h8-9,11H,5-7H2,1-4H3/t9-/m0/s1. The molecular formula is C9H21NO. The monoisotopic (exact) mass is 159 g/mol. The van der Waals surface area contributed by atoms with E-state index in [1.165, 1.54) is 0 Å². The topological polar surface area (TPSA) is 23.5 Å². The van der Waals surface area contributed by atoms with Crippen LogP contribution in [-0.4, -0.2) is 35.7 Å². The summed E-state index contributed by atoms with van der Waals surface area (Å²) in [6, 6.07) is 0.338. The Kier molecular flexibility index (Phi) is 5.51. The molecule has 0 aromatic rings. The first kappa shape index (κ1) is 10.9. The van der Waals surface area contributed by atoms with Crippen molar-refractivity contribution < 1.29 is 5.11 Å². The Hall–Kier alpha value is -0.0800. The zero-order chi connectivity index (χ0) is 8.85. The Morgan fingerprint density at radius 1 is 1.18 bits per heavy atom. The molecule has 0 radical (unpaired) electrons.